The number of aryl methyl sites for hydroxylation is 1. The Labute approximate surface area is 137 Å². The molecule has 0 bridgehead atoms. The van der Waals surface area contributed by atoms with E-state index >= 15 is 0 Å². The first-order valence-electron chi connectivity index (χ1n) is 7.55. The predicted molar refractivity (Wildman–Crippen MR) is 81.5 cm³/mol. The number of alkyl halides is 3. The molecule has 1 heterocycles. The van der Waals surface area contributed by atoms with Gasteiger partial charge in [-0.15, -0.1) is 0 Å². The summed E-state index contributed by atoms with van der Waals surface area (Å²) in [4.78, 5) is 25.6. The van der Waals surface area contributed by atoms with Crippen molar-refractivity contribution in [3.8, 4) is 0 Å². The number of anilines is 1. The van der Waals surface area contributed by atoms with Crippen LogP contribution in [0.5, 0.6) is 0 Å². The predicted octanol–water partition coefficient (Wildman–Crippen LogP) is 2.04. The Bertz CT molecular complexity index is 587. The fourth-order valence-electron chi connectivity index (χ4n) is 2.44. The third-order valence-electron chi connectivity index (χ3n) is 3.65. The highest BCUT2D eigenvalue weighted by Crippen LogP contribution is 2.25. The number of carbonyl (C=O) groups excluding carboxylic acids is 2. The van der Waals surface area contributed by atoms with E-state index in [1.807, 2.05) is 31.2 Å². The van der Waals surface area contributed by atoms with Gasteiger partial charge in [0.2, 0.25) is 11.8 Å². The van der Waals surface area contributed by atoms with Gasteiger partial charge in [-0.05, 0) is 19.1 Å². The van der Waals surface area contributed by atoms with Crippen LogP contribution in [0.1, 0.15) is 12.0 Å². The summed E-state index contributed by atoms with van der Waals surface area (Å²) < 4.78 is 40.1. The molecule has 5 nitrogen and oxygen atoms in total. The first kappa shape index (κ1) is 18.3. The van der Waals surface area contributed by atoms with Crippen molar-refractivity contribution in [3.05, 3.63) is 29.8 Å². The number of nitrogens with one attached hydrogen (secondary N) is 1. The molecule has 0 saturated carbocycles. The molecule has 0 radical (unpaired) electrons. The van der Waals surface area contributed by atoms with Crippen LogP contribution in [0.2, 0.25) is 0 Å². The fourth-order valence-corrected chi connectivity index (χ4v) is 2.44. The zero-order valence-electron chi connectivity index (χ0n) is 13.2. The van der Waals surface area contributed by atoms with Crippen LogP contribution in [0.4, 0.5) is 18.9 Å². The number of ether oxygens (including phenoxy) is 1. The van der Waals surface area contributed by atoms with E-state index in [0.29, 0.717) is 0 Å². The third kappa shape index (κ3) is 5.23. The van der Waals surface area contributed by atoms with Crippen molar-refractivity contribution in [2.75, 3.05) is 31.2 Å². The Kier molecular flexibility index (Phi) is 5.82. The molecule has 1 saturated heterocycles. The standard InChI is InChI=1S/C16H19F3N2O3/c1-11-2-4-13(5-3-11)21-9-12(8-14(21)22)15(23)20-6-7-24-10-16(17,18)19/h2-5,12H,6-10H2,1H3,(H,20,23). The molecule has 1 atom stereocenters. The second-order valence-electron chi connectivity index (χ2n) is 5.70. The number of carbonyl (C=O) groups is 2. The number of rotatable bonds is 6. The molecule has 2 amide bonds. The molecular formula is C16H19F3N2O3. The van der Waals surface area contributed by atoms with Crippen LogP contribution in [0, 0.1) is 12.8 Å². The van der Waals surface area contributed by atoms with Gasteiger partial charge in [0.15, 0.2) is 0 Å². The van der Waals surface area contributed by atoms with E-state index in [4.69, 9.17) is 0 Å². The van der Waals surface area contributed by atoms with Gasteiger partial charge in [0.05, 0.1) is 12.5 Å². The Balaban J connectivity index is 1.78. The number of hydrogen-bond acceptors (Lipinski definition) is 3. The molecule has 2 rings (SSSR count). The quantitative estimate of drug-likeness (QED) is 0.804. The second-order valence-corrected chi connectivity index (χ2v) is 5.70. The molecule has 8 heteroatoms. The topological polar surface area (TPSA) is 58.6 Å². The molecule has 1 aliphatic heterocycles. The van der Waals surface area contributed by atoms with Gasteiger partial charge in [-0.3, -0.25) is 9.59 Å². The van der Waals surface area contributed by atoms with E-state index < -0.39 is 18.7 Å². The molecule has 0 aliphatic carbocycles. The number of hydrogen-bond donors (Lipinski definition) is 1. The second kappa shape index (κ2) is 7.65. The van der Waals surface area contributed by atoms with Gasteiger partial charge in [-0.2, -0.15) is 13.2 Å². The molecule has 24 heavy (non-hydrogen) atoms. The number of benzene rings is 1. The highest BCUT2D eigenvalue weighted by Gasteiger charge is 2.35. The smallest absolute Gasteiger partial charge is 0.370 e. The van der Waals surface area contributed by atoms with E-state index in [1.54, 1.807) is 4.90 Å². The summed E-state index contributed by atoms with van der Waals surface area (Å²) in [5.74, 6) is -1.01. The van der Waals surface area contributed by atoms with Crippen molar-refractivity contribution in [3.63, 3.8) is 0 Å². The van der Waals surface area contributed by atoms with E-state index in [0.717, 1.165) is 11.3 Å². The zero-order valence-corrected chi connectivity index (χ0v) is 13.2. The van der Waals surface area contributed by atoms with Crippen molar-refractivity contribution in [2.24, 2.45) is 5.92 Å². The average molecular weight is 344 g/mol. The molecule has 1 unspecified atom stereocenters. The summed E-state index contributed by atoms with van der Waals surface area (Å²) >= 11 is 0. The van der Waals surface area contributed by atoms with E-state index in [1.165, 1.54) is 0 Å². The lowest BCUT2D eigenvalue weighted by Gasteiger charge is -2.17. The summed E-state index contributed by atoms with van der Waals surface area (Å²) in [6.07, 6.45) is -4.29. The van der Waals surface area contributed by atoms with E-state index in [-0.39, 0.29) is 37.9 Å². The lowest BCUT2D eigenvalue weighted by molar-refractivity contribution is -0.173. The Morgan fingerprint density at radius 1 is 1.33 bits per heavy atom. The highest BCUT2D eigenvalue weighted by molar-refractivity contribution is 6.00. The zero-order chi connectivity index (χ0) is 17.7. The fraction of sp³-hybridized carbons (Fsp3) is 0.500. The monoisotopic (exact) mass is 344 g/mol. The Morgan fingerprint density at radius 3 is 2.62 bits per heavy atom. The number of nitrogens with zero attached hydrogens (tertiary/aromatic N) is 1. The third-order valence-corrected chi connectivity index (χ3v) is 3.65. The van der Waals surface area contributed by atoms with Crippen LogP contribution in [0.25, 0.3) is 0 Å². The van der Waals surface area contributed by atoms with Gasteiger partial charge in [0.1, 0.15) is 6.61 Å². The van der Waals surface area contributed by atoms with E-state index in [2.05, 4.69) is 10.1 Å². The molecule has 1 aliphatic rings. The van der Waals surface area contributed by atoms with Gasteiger partial charge in [-0.1, -0.05) is 17.7 Å². The highest BCUT2D eigenvalue weighted by atomic mass is 19.4. The molecule has 1 aromatic rings. The summed E-state index contributed by atoms with van der Waals surface area (Å²) in [6.45, 7) is 0.605. The minimum Gasteiger partial charge on any atom is -0.370 e. The minimum absolute atomic E-state index is 0.0237. The molecule has 0 spiro atoms. The van der Waals surface area contributed by atoms with Gasteiger partial charge in [-0.25, -0.2) is 0 Å². The molecule has 0 aromatic heterocycles. The SMILES string of the molecule is Cc1ccc(N2CC(C(=O)NCCOCC(F)(F)F)CC2=O)cc1. The van der Waals surface area contributed by atoms with Crippen molar-refractivity contribution in [2.45, 2.75) is 19.5 Å². The number of amides is 2. The summed E-state index contributed by atoms with van der Waals surface area (Å²) in [5, 5.41) is 2.50. The van der Waals surface area contributed by atoms with Gasteiger partial charge < -0.3 is 15.0 Å². The van der Waals surface area contributed by atoms with Crippen LogP contribution in [0.15, 0.2) is 24.3 Å². The van der Waals surface area contributed by atoms with Gasteiger partial charge in [0, 0.05) is 25.2 Å². The molecule has 132 valence electrons. The van der Waals surface area contributed by atoms with Crippen LogP contribution in [-0.2, 0) is 14.3 Å². The first-order chi connectivity index (χ1) is 11.3. The van der Waals surface area contributed by atoms with Gasteiger partial charge >= 0.3 is 6.18 Å². The maximum Gasteiger partial charge on any atom is 0.411 e. The van der Waals surface area contributed by atoms with Crippen molar-refractivity contribution < 1.29 is 27.5 Å². The van der Waals surface area contributed by atoms with Crippen molar-refractivity contribution in [1.82, 2.24) is 5.32 Å². The molecule has 1 fully saturated rings. The lowest BCUT2D eigenvalue weighted by Crippen LogP contribution is -2.35. The maximum absolute atomic E-state index is 12.1. The summed E-state index contributed by atoms with van der Waals surface area (Å²) in [7, 11) is 0. The number of halogens is 3. The lowest BCUT2D eigenvalue weighted by atomic mass is 10.1. The largest absolute Gasteiger partial charge is 0.411 e. The van der Waals surface area contributed by atoms with Crippen molar-refractivity contribution >= 4 is 17.5 Å². The molecule has 1 N–H and O–H groups in total. The summed E-state index contributed by atoms with van der Waals surface area (Å²) in [6, 6.07) is 7.40. The van der Waals surface area contributed by atoms with Crippen molar-refractivity contribution in [1.29, 1.82) is 0 Å². The minimum atomic E-state index is -4.38. The van der Waals surface area contributed by atoms with Crippen LogP contribution in [-0.4, -0.2) is 44.3 Å². The van der Waals surface area contributed by atoms with Crippen LogP contribution < -0.4 is 10.2 Å². The van der Waals surface area contributed by atoms with E-state index in [9.17, 15) is 22.8 Å². The Hall–Kier alpha value is -2.09. The molecular weight excluding hydrogens is 325 g/mol. The normalized spacial score (nSPS) is 18.1. The average Bonchev–Trinajstić information content (AvgIpc) is 2.88. The van der Waals surface area contributed by atoms with Gasteiger partial charge in [0.25, 0.3) is 0 Å². The summed E-state index contributed by atoms with van der Waals surface area (Å²) in [5.41, 5.74) is 1.80. The Morgan fingerprint density at radius 2 is 2.00 bits per heavy atom. The maximum atomic E-state index is 12.1. The molecule has 1 aromatic carbocycles. The first-order valence-corrected chi connectivity index (χ1v) is 7.55. The van der Waals surface area contributed by atoms with Crippen LogP contribution in [0.3, 0.4) is 0 Å². The van der Waals surface area contributed by atoms with Crippen LogP contribution >= 0.6 is 0 Å².